The number of carbonyl (C=O) groups excluding carboxylic acids is 1. The van der Waals surface area contributed by atoms with Crippen LogP contribution in [-0.4, -0.2) is 45.9 Å². The van der Waals surface area contributed by atoms with Gasteiger partial charge in [0, 0.05) is 13.7 Å². The van der Waals surface area contributed by atoms with Crippen molar-refractivity contribution in [1.82, 2.24) is 10.0 Å². The molecular weight excluding hydrogens is 220 g/mol. The Morgan fingerprint density at radius 3 is 2.73 bits per heavy atom. The lowest BCUT2D eigenvalue weighted by atomic mass is 10.2. The van der Waals surface area contributed by atoms with Gasteiger partial charge >= 0.3 is 0 Å². The molecule has 88 valence electrons. The van der Waals surface area contributed by atoms with E-state index in [0.29, 0.717) is 13.0 Å². The molecule has 1 amide bonds. The number of amides is 1. The van der Waals surface area contributed by atoms with Crippen molar-refractivity contribution in [3.05, 3.63) is 0 Å². The summed E-state index contributed by atoms with van der Waals surface area (Å²) in [6.45, 7) is 2.05. The second kappa shape index (κ2) is 4.91. The molecule has 0 spiro atoms. The third-order valence-corrected chi connectivity index (χ3v) is 3.65. The van der Waals surface area contributed by atoms with Crippen LogP contribution in [0.5, 0.6) is 0 Å². The largest absolute Gasteiger partial charge is 0.380 e. The van der Waals surface area contributed by atoms with E-state index in [1.807, 2.05) is 4.72 Å². The number of ether oxygens (including phenoxy) is 1. The minimum atomic E-state index is -3.46. The van der Waals surface area contributed by atoms with E-state index in [1.165, 1.54) is 6.92 Å². The third-order valence-electron chi connectivity index (χ3n) is 2.38. The zero-order valence-corrected chi connectivity index (χ0v) is 9.63. The highest BCUT2D eigenvalue weighted by molar-refractivity contribution is 7.90. The van der Waals surface area contributed by atoms with Gasteiger partial charge in [0.25, 0.3) is 5.91 Å². The Labute approximate surface area is 89.4 Å². The Balaban J connectivity index is 2.49. The first-order valence-corrected chi connectivity index (χ1v) is 6.44. The molecule has 15 heavy (non-hydrogen) atoms. The Kier molecular flexibility index (Phi) is 4.06. The minimum absolute atomic E-state index is 0.0231. The van der Waals surface area contributed by atoms with Gasteiger partial charge in [0.1, 0.15) is 0 Å². The summed E-state index contributed by atoms with van der Waals surface area (Å²) in [5, 5.41) is 2.90. The Morgan fingerprint density at radius 1 is 1.60 bits per heavy atom. The van der Waals surface area contributed by atoms with Crippen molar-refractivity contribution in [2.24, 2.45) is 0 Å². The van der Waals surface area contributed by atoms with Crippen LogP contribution >= 0.6 is 0 Å². The fraction of sp³-hybridized carbons (Fsp3) is 0.875. The van der Waals surface area contributed by atoms with Crippen molar-refractivity contribution in [1.29, 1.82) is 0 Å². The molecule has 0 radical (unpaired) electrons. The summed E-state index contributed by atoms with van der Waals surface area (Å²) in [6.07, 6.45) is 0.478. The predicted molar refractivity (Wildman–Crippen MR) is 54.8 cm³/mol. The van der Waals surface area contributed by atoms with Gasteiger partial charge in [-0.2, -0.15) is 0 Å². The molecule has 1 aliphatic rings. The van der Waals surface area contributed by atoms with Gasteiger partial charge in [-0.15, -0.1) is 0 Å². The molecule has 7 heteroatoms. The highest BCUT2D eigenvalue weighted by Gasteiger charge is 2.30. The fourth-order valence-electron chi connectivity index (χ4n) is 1.38. The first-order valence-electron chi connectivity index (χ1n) is 4.79. The second-order valence-electron chi connectivity index (χ2n) is 3.42. The summed E-state index contributed by atoms with van der Waals surface area (Å²) < 4.78 is 29.3. The average Bonchev–Trinajstić information content (AvgIpc) is 2.65. The summed E-state index contributed by atoms with van der Waals surface area (Å²) >= 11 is 0. The molecule has 0 aromatic heterocycles. The van der Waals surface area contributed by atoms with Crippen LogP contribution in [0.1, 0.15) is 13.3 Å². The van der Waals surface area contributed by atoms with Crippen LogP contribution in [0.25, 0.3) is 0 Å². The standard InChI is InChI=1S/C8H16N2O4S/c1-3-15(12,13)10-8(11)7-4-6(14-2)5-9-7/h6-7,9H,3-5H2,1-2H3,(H,10,11). The van der Waals surface area contributed by atoms with Gasteiger partial charge in [-0.3, -0.25) is 9.52 Å². The van der Waals surface area contributed by atoms with Crippen LogP contribution in [0.4, 0.5) is 0 Å². The molecule has 6 nitrogen and oxygen atoms in total. The quantitative estimate of drug-likeness (QED) is 0.642. The number of rotatable bonds is 4. The maximum Gasteiger partial charge on any atom is 0.250 e. The summed E-state index contributed by atoms with van der Waals surface area (Å²) in [5.41, 5.74) is 0. The molecule has 1 fully saturated rings. The number of hydrogen-bond donors (Lipinski definition) is 2. The van der Waals surface area contributed by atoms with E-state index in [9.17, 15) is 13.2 Å². The highest BCUT2D eigenvalue weighted by atomic mass is 32.2. The number of hydrogen-bond acceptors (Lipinski definition) is 5. The lowest BCUT2D eigenvalue weighted by Gasteiger charge is -2.10. The minimum Gasteiger partial charge on any atom is -0.380 e. The van der Waals surface area contributed by atoms with Crippen molar-refractivity contribution < 1.29 is 17.9 Å². The number of carbonyl (C=O) groups is 1. The van der Waals surface area contributed by atoms with Crippen molar-refractivity contribution in [2.45, 2.75) is 25.5 Å². The Bertz CT molecular complexity index is 328. The molecule has 0 bridgehead atoms. The third kappa shape index (κ3) is 3.44. The second-order valence-corrected chi connectivity index (χ2v) is 5.43. The van der Waals surface area contributed by atoms with E-state index in [0.717, 1.165) is 0 Å². The van der Waals surface area contributed by atoms with Crippen molar-refractivity contribution in [3.8, 4) is 0 Å². The monoisotopic (exact) mass is 236 g/mol. The van der Waals surface area contributed by atoms with Crippen LogP contribution in [0.15, 0.2) is 0 Å². The van der Waals surface area contributed by atoms with Crippen molar-refractivity contribution >= 4 is 15.9 Å². The summed E-state index contributed by atoms with van der Waals surface area (Å²) in [6, 6.07) is -0.476. The number of methoxy groups -OCH3 is 1. The first kappa shape index (κ1) is 12.4. The van der Waals surface area contributed by atoms with Crippen LogP contribution in [0, 0.1) is 0 Å². The van der Waals surface area contributed by atoms with Crippen LogP contribution in [0.3, 0.4) is 0 Å². The van der Waals surface area contributed by atoms with Gasteiger partial charge in [-0.25, -0.2) is 8.42 Å². The molecule has 1 saturated heterocycles. The van der Waals surface area contributed by atoms with Gasteiger partial charge in [0.15, 0.2) is 0 Å². The molecule has 0 saturated carbocycles. The molecule has 0 aromatic carbocycles. The maximum atomic E-state index is 11.5. The molecule has 1 rings (SSSR count). The normalized spacial score (nSPS) is 26.5. The molecule has 2 N–H and O–H groups in total. The van der Waals surface area contributed by atoms with Gasteiger partial charge in [0.05, 0.1) is 17.9 Å². The average molecular weight is 236 g/mol. The molecule has 2 atom stereocenters. The van der Waals surface area contributed by atoms with E-state index in [1.54, 1.807) is 7.11 Å². The molecule has 0 aliphatic carbocycles. The SMILES string of the molecule is CCS(=O)(=O)NC(=O)C1CC(OC)CN1. The molecule has 1 aliphatic heterocycles. The lowest BCUT2D eigenvalue weighted by Crippen LogP contribution is -2.43. The Hall–Kier alpha value is -0.660. The fourth-order valence-corrected chi connectivity index (χ4v) is 1.97. The van der Waals surface area contributed by atoms with E-state index < -0.39 is 22.0 Å². The van der Waals surface area contributed by atoms with E-state index in [4.69, 9.17) is 4.74 Å². The van der Waals surface area contributed by atoms with Gasteiger partial charge < -0.3 is 10.1 Å². The summed E-state index contributed by atoms with van der Waals surface area (Å²) in [7, 11) is -1.90. The number of sulfonamides is 1. The van der Waals surface area contributed by atoms with Gasteiger partial charge in [0.2, 0.25) is 10.0 Å². The number of nitrogens with one attached hydrogen (secondary N) is 2. The zero-order chi connectivity index (χ0) is 11.5. The van der Waals surface area contributed by atoms with E-state index in [-0.39, 0.29) is 11.9 Å². The Morgan fingerprint density at radius 2 is 2.27 bits per heavy atom. The summed E-state index contributed by atoms with van der Waals surface area (Å²) in [4.78, 5) is 11.5. The van der Waals surface area contributed by atoms with Crippen molar-refractivity contribution in [3.63, 3.8) is 0 Å². The molecule has 2 unspecified atom stereocenters. The smallest absolute Gasteiger partial charge is 0.250 e. The zero-order valence-electron chi connectivity index (χ0n) is 8.82. The maximum absolute atomic E-state index is 11.5. The van der Waals surface area contributed by atoms with E-state index in [2.05, 4.69) is 5.32 Å². The van der Waals surface area contributed by atoms with Crippen LogP contribution in [-0.2, 0) is 19.6 Å². The van der Waals surface area contributed by atoms with Crippen molar-refractivity contribution in [2.75, 3.05) is 19.4 Å². The molecule has 1 heterocycles. The van der Waals surface area contributed by atoms with Gasteiger partial charge in [-0.05, 0) is 13.3 Å². The first-order chi connectivity index (χ1) is 6.98. The van der Waals surface area contributed by atoms with Crippen LogP contribution in [0.2, 0.25) is 0 Å². The lowest BCUT2D eigenvalue weighted by molar-refractivity contribution is -0.121. The predicted octanol–water partition coefficient (Wildman–Crippen LogP) is -1.17. The van der Waals surface area contributed by atoms with Crippen LogP contribution < -0.4 is 10.0 Å². The van der Waals surface area contributed by atoms with Gasteiger partial charge in [-0.1, -0.05) is 0 Å². The highest BCUT2D eigenvalue weighted by Crippen LogP contribution is 2.09. The topological polar surface area (TPSA) is 84.5 Å². The summed E-state index contributed by atoms with van der Waals surface area (Å²) in [5.74, 6) is -0.601. The molecule has 0 aromatic rings. The van der Waals surface area contributed by atoms with E-state index >= 15 is 0 Å². The molecular formula is C8H16N2O4S.